The molecule has 0 aliphatic rings. The van der Waals surface area contributed by atoms with Gasteiger partial charge in [-0.15, -0.1) is 0 Å². The number of hydrogen-bond acceptors (Lipinski definition) is 6. The first kappa shape index (κ1) is 14.5. The van der Waals surface area contributed by atoms with Crippen molar-refractivity contribution in [1.29, 1.82) is 0 Å². The second kappa shape index (κ2) is 6.14. The lowest BCUT2D eigenvalue weighted by atomic mass is 10.3. The molecule has 2 aromatic heterocycles. The van der Waals surface area contributed by atoms with E-state index in [1.54, 1.807) is 42.6 Å². The Kier molecular flexibility index (Phi) is 3.88. The van der Waals surface area contributed by atoms with Gasteiger partial charge in [0, 0.05) is 24.0 Å². The summed E-state index contributed by atoms with van der Waals surface area (Å²) in [5.41, 5.74) is 12.6. The third kappa shape index (κ3) is 3.62. The molecule has 23 heavy (non-hydrogen) atoms. The highest BCUT2D eigenvalue weighted by molar-refractivity contribution is 5.73. The smallest absolute Gasteiger partial charge is 0.239 e. The molecule has 8 nitrogen and oxygen atoms in total. The molecule has 0 bridgehead atoms. The van der Waals surface area contributed by atoms with Gasteiger partial charge in [0.2, 0.25) is 11.8 Å². The average molecular weight is 310 g/mol. The van der Waals surface area contributed by atoms with Crippen LogP contribution < -0.4 is 16.2 Å². The topological polar surface area (TPSA) is 122 Å². The minimum absolute atomic E-state index is 0.0116. The zero-order chi connectivity index (χ0) is 16.2. The largest absolute Gasteiger partial charge is 0.439 e. The zero-order valence-corrected chi connectivity index (χ0v) is 12.1. The van der Waals surface area contributed by atoms with Crippen LogP contribution in [0.2, 0.25) is 0 Å². The van der Waals surface area contributed by atoms with Crippen molar-refractivity contribution in [2.75, 3.05) is 5.73 Å². The van der Waals surface area contributed by atoms with Gasteiger partial charge in [0.1, 0.15) is 24.3 Å². The number of primary amides is 1. The van der Waals surface area contributed by atoms with E-state index < -0.39 is 5.91 Å². The first-order chi connectivity index (χ1) is 11.1. The van der Waals surface area contributed by atoms with Crippen LogP contribution in [0.25, 0.3) is 11.4 Å². The number of rotatable bonds is 5. The van der Waals surface area contributed by atoms with Crippen LogP contribution in [-0.2, 0) is 11.3 Å². The quantitative estimate of drug-likeness (QED) is 0.683. The van der Waals surface area contributed by atoms with Crippen molar-refractivity contribution < 1.29 is 9.53 Å². The van der Waals surface area contributed by atoms with Gasteiger partial charge in [-0.05, 0) is 18.2 Å². The Morgan fingerprint density at radius 2 is 2.04 bits per heavy atom. The van der Waals surface area contributed by atoms with E-state index in [4.69, 9.17) is 16.2 Å². The molecule has 1 amide bonds. The van der Waals surface area contributed by atoms with Crippen molar-refractivity contribution in [3.63, 3.8) is 0 Å². The fourth-order valence-electron chi connectivity index (χ4n) is 1.98. The van der Waals surface area contributed by atoms with E-state index in [1.165, 1.54) is 11.0 Å². The van der Waals surface area contributed by atoms with Crippen molar-refractivity contribution in [2.24, 2.45) is 5.73 Å². The molecule has 3 rings (SSSR count). The standard InChI is InChI=1S/C15H14N6O2/c16-10-2-1-3-11(6-10)23-15-7-13(18-9-19-15)12-4-5-21(20-12)8-14(17)22/h1-7,9H,8,16H2,(H2,17,22). The number of hydrogen-bond donors (Lipinski definition) is 2. The lowest BCUT2D eigenvalue weighted by molar-refractivity contribution is -0.118. The fraction of sp³-hybridized carbons (Fsp3) is 0.0667. The number of ether oxygens (including phenoxy) is 1. The molecule has 0 aliphatic carbocycles. The summed E-state index contributed by atoms with van der Waals surface area (Å²) >= 11 is 0. The predicted octanol–water partition coefficient (Wildman–Crippen LogP) is 1.20. The molecule has 0 radical (unpaired) electrons. The Bertz CT molecular complexity index is 845. The molecule has 2 heterocycles. The van der Waals surface area contributed by atoms with Gasteiger partial charge in [-0.2, -0.15) is 5.10 Å². The molecule has 3 aromatic rings. The van der Waals surface area contributed by atoms with E-state index in [-0.39, 0.29) is 6.54 Å². The Morgan fingerprint density at radius 3 is 2.83 bits per heavy atom. The molecule has 8 heteroatoms. The van der Waals surface area contributed by atoms with E-state index in [9.17, 15) is 4.79 Å². The average Bonchev–Trinajstić information content (AvgIpc) is 2.95. The SMILES string of the molecule is NC(=O)Cn1ccc(-c2cc(Oc3cccc(N)c3)ncn2)n1. The summed E-state index contributed by atoms with van der Waals surface area (Å²) in [5.74, 6) is 0.479. The molecule has 116 valence electrons. The van der Waals surface area contributed by atoms with Crippen molar-refractivity contribution in [1.82, 2.24) is 19.7 Å². The van der Waals surface area contributed by atoms with Gasteiger partial charge in [-0.1, -0.05) is 6.07 Å². The number of benzene rings is 1. The zero-order valence-electron chi connectivity index (χ0n) is 12.1. The Hall–Kier alpha value is -3.42. The third-order valence-corrected chi connectivity index (χ3v) is 2.94. The van der Waals surface area contributed by atoms with Crippen LogP contribution in [0.15, 0.2) is 48.9 Å². The maximum absolute atomic E-state index is 10.9. The van der Waals surface area contributed by atoms with E-state index in [2.05, 4.69) is 15.1 Å². The van der Waals surface area contributed by atoms with Crippen LogP contribution in [0.5, 0.6) is 11.6 Å². The second-order valence-electron chi connectivity index (χ2n) is 4.78. The highest BCUT2D eigenvalue weighted by Gasteiger charge is 2.08. The number of carbonyl (C=O) groups excluding carboxylic acids is 1. The fourth-order valence-corrected chi connectivity index (χ4v) is 1.98. The normalized spacial score (nSPS) is 10.4. The van der Waals surface area contributed by atoms with Gasteiger partial charge in [0.15, 0.2) is 0 Å². The molecular formula is C15H14N6O2. The number of amides is 1. The van der Waals surface area contributed by atoms with Crippen LogP contribution in [0.4, 0.5) is 5.69 Å². The molecule has 0 aliphatic heterocycles. The summed E-state index contributed by atoms with van der Waals surface area (Å²) in [6.07, 6.45) is 3.03. The number of nitrogens with two attached hydrogens (primary N) is 2. The lowest BCUT2D eigenvalue weighted by Crippen LogP contribution is -2.18. The highest BCUT2D eigenvalue weighted by atomic mass is 16.5. The monoisotopic (exact) mass is 310 g/mol. The number of aromatic nitrogens is 4. The molecule has 0 fully saturated rings. The maximum atomic E-state index is 10.9. The number of nitrogens with zero attached hydrogens (tertiary/aromatic N) is 4. The van der Waals surface area contributed by atoms with Crippen LogP contribution in [0.3, 0.4) is 0 Å². The molecular weight excluding hydrogens is 296 g/mol. The Balaban J connectivity index is 1.82. The molecule has 0 atom stereocenters. The van der Waals surface area contributed by atoms with Crippen LogP contribution in [0.1, 0.15) is 0 Å². The van der Waals surface area contributed by atoms with Crippen molar-refractivity contribution in [3.8, 4) is 23.0 Å². The predicted molar refractivity (Wildman–Crippen MR) is 83.4 cm³/mol. The Labute approximate surface area is 131 Å². The summed E-state index contributed by atoms with van der Waals surface area (Å²) in [6.45, 7) is 0.0116. The van der Waals surface area contributed by atoms with Gasteiger partial charge in [-0.25, -0.2) is 9.97 Å². The Morgan fingerprint density at radius 1 is 1.17 bits per heavy atom. The maximum Gasteiger partial charge on any atom is 0.239 e. The summed E-state index contributed by atoms with van der Waals surface area (Å²) in [7, 11) is 0. The molecule has 4 N–H and O–H groups in total. The first-order valence-corrected chi connectivity index (χ1v) is 6.78. The highest BCUT2D eigenvalue weighted by Crippen LogP contribution is 2.24. The van der Waals surface area contributed by atoms with Gasteiger partial charge < -0.3 is 16.2 Å². The molecule has 0 unspecified atom stereocenters. The van der Waals surface area contributed by atoms with Gasteiger partial charge in [0.25, 0.3) is 0 Å². The van der Waals surface area contributed by atoms with Crippen molar-refractivity contribution >= 4 is 11.6 Å². The van der Waals surface area contributed by atoms with E-state index >= 15 is 0 Å². The van der Waals surface area contributed by atoms with Gasteiger partial charge in [0.05, 0.1) is 5.69 Å². The number of nitrogen functional groups attached to an aromatic ring is 1. The van der Waals surface area contributed by atoms with Crippen molar-refractivity contribution in [2.45, 2.75) is 6.54 Å². The summed E-state index contributed by atoms with van der Waals surface area (Å²) in [5, 5.41) is 4.23. The first-order valence-electron chi connectivity index (χ1n) is 6.78. The van der Waals surface area contributed by atoms with Crippen molar-refractivity contribution in [3.05, 3.63) is 48.9 Å². The minimum Gasteiger partial charge on any atom is -0.439 e. The summed E-state index contributed by atoms with van der Waals surface area (Å²) in [4.78, 5) is 19.1. The summed E-state index contributed by atoms with van der Waals surface area (Å²) < 4.78 is 7.10. The number of carbonyl (C=O) groups is 1. The minimum atomic E-state index is -0.465. The van der Waals surface area contributed by atoms with E-state index in [0.29, 0.717) is 28.7 Å². The van der Waals surface area contributed by atoms with Crippen LogP contribution in [-0.4, -0.2) is 25.7 Å². The summed E-state index contributed by atoms with van der Waals surface area (Å²) in [6, 6.07) is 10.4. The molecule has 0 saturated carbocycles. The van der Waals surface area contributed by atoms with E-state index in [0.717, 1.165) is 0 Å². The van der Waals surface area contributed by atoms with E-state index in [1.807, 2.05) is 0 Å². The molecule has 0 saturated heterocycles. The second-order valence-corrected chi connectivity index (χ2v) is 4.78. The van der Waals surface area contributed by atoms with Crippen LogP contribution in [0, 0.1) is 0 Å². The van der Waals surface area contributed by atoms with Gasteiger partial charge in [-0.3, -0.25) is 9.48 Å². The number of anilines is 1. The lowest BCUT2D eigenvalue weighted by Gasteiger charge is -2.05. The third-order valence-electron chi connectivity index (χ3n) is 2.94. The van der Waals surface area contributed by atoms with Crippen LogP contribution >= 0.6 is 0 Å². The molecule has 1 aromatic carbocycles. The molecule has 0 spiro atoms. The van der Waals surface area contributed by atoms with Gasteiger partial charge >= 0.3 is 0 Å².